The summed E-state index contributed by atoms with van der Waals surface area (Å²) in [6, 6.07) is 15.8. The summed E-state index contributed by atoms with van der Waals surface area (Å²) >= 11 is 0. The Hall–Kier alpha value is -2.51. The number of nitrogens with zero attached hydrogens (tertiary/aromatic N) is 1. The second kappa shape index (κ2) is 8.06. The van der Waals surface area contributed by atoms with Crippen LogP contribution in [0.1, 0.15) is 16.7 Å². The van der Waals surface area contributed by atoms with Gasteiger partial charge in [0.05, 0.1) is 19.8 Å². The third-order valence-electron chi connectivity index (χ3n) is 3.48. The van der Waals surface area contributed by atoms with E-state index < -0.39 is 0 Å². The molecule has 0 radical (unpaired) electrons. The van der Waals surface area contributed by atoms with Crippen LogP contribution in [0, 0.1) is 11.3 Å². The third-order valence-corrected chi connectivity index (χ3v) is 3.48. The molecule has 0 aliphatic rings. The maximum Gasteiger partial charge on any atom is 0.136 e. The van der Waals surface area contributed by atoms with Crippen LogP contribution in [0.25, 0.3) is 0 Å². The summed E-state index contributed by atoms with van der Waals surface area (Å²) < 4.78 is 10.5. The van der Waals surface area contributed by atoms with Gasteiger partial charge in [-0.3, -0.25) is 0 Å². The zero-order valence-electron chi connectivity index (χ0n) is 12.9. The van der Waals surface area contributed by atoms with Crippen LogP contribution in [0.5, 0.6) is 11.5 Å². The molecule has 22 heavy (non-hydrogen) atoms. The second-order valence-electron chi connectivity index (χ2n) is 4.89. The number of nitriles is 1. The fourth-order valence-electron chi connectivity index (χ4n) is 2.32. The number of para-hydroxylation sites is 1. The van der Waals surface area contributed by atoms with Crippen molar-refractivity contribution in [1.29, 1.82) is 5.26 Å². The van der Waals surface area contributed by atoms with Gasteiger partial charge in [-0.15, -0.1) is 0 Å². The quantitative estimate of drug-likeness (QED) is 0.798. The molecular formula is C18H20N2O2. The van der Waals surface area contributed by atoms with Crippen molar-refractivity contribution in [1.82, 2.24) is 5.32 Å². The van der Waals surface area contributed by atoms with E-state index in [1.54, 1.807) is 14.2 Å². The van der Waals surface area contributed by atoms with Crippen molar-refractivity contribution in [3.8, 4) is 17.6 Å². The van der Waals surface area contributed by atoms with Crippen LogP contribution in [-0.4, -0.2) is 20.8 Å². The van der Waals surface area contributed by atoms with Crippen LogP contribution in [0.15, 0.2) is 42.5 Å². The summed E-state index contributed by atoms with van der Waals surface area (Å²) in [5.74, 6) is 1.53. The average Bonchev–Trinajstić information content (AvgIpc) is 2.58. The normalized spacial score (nSPS) is 10.0. The maximum atomic E-state index is 9.09. The Balaban J connectivity index is 1.88. The van der Waals surface area contributed by atoms with Gasteiger partial charge < -0.3 is 14.8 Å². The molecule has 4 nitrogen and oxygen atoms in total. The molecule has 0 aliphatic heterocycles. The van der Waals surface area contributed by atoms with Gasteiger partial charge in [-0.2, -0.15) is 5.26 Å². The highest BCUT2D eigenvalue weighted by Crippen LogP contribution is 2.19. The summed E-state index contributed by atoms with van der Waals surface area (Å²) in [5, 5.41) is 12.5. The lowest BCUT2D eigenvalue weighted by Gasteiger charge is -2.10. The Labute approximate surface area is 131 Å². The number of rotatable bonds is 7. The Kier molecular flexibility index (Phi) is 5.81. The van der Waals surface area contributed by atoms with E-state index in [4.69, 9.17) is 14.7 Å². The molecule has 0 aliphatic carbocycles. The van der Waals surface area contributed by atoms with E-state index in [1.165, 1.54) is 5.56 Å². The number of hydrogen-bond acceptors (Lipinski definition) is 4. The van der Waals surface area contributed by atoms with E-state index >= 15 is 0 Å². The average molecular weight is 296 g/mol. The molecule has 2 aromatic carbocycles. The maximum absolute atomic E-state index is 9.09. The first-order chi connectivity index (χ1) is 10.8. The highest BCUT2D eigenvalue weighted by atomic mass is 16.5. The van der Waals surface area contributed by atoms with Gasteiger partial charge in [-0.05, 0) is 42.3 Å². The minimum Gasteiger partial charge on any atom is -0.496 e. The molecule has 2 aromatic rings. The molecule has 0 saturated carbocycles. The number of nitrogens with one attached hydrogen (secondary N) is 1. The van der Waals surface area contributed by atoms with E-state index in [2.05, 4.69) is 17.5 Å². The number of methoxy groups -OCH3 is 2. The number of ether oxygens (including phenoxy) is 2. The van der Waals surface area contributed by atoms with Gasteiger partial charge in [0.1, 0.15) is 17.6 Å². The van der Waals surface area contributed by atoms with E-state index in [0.717, 1.165) is 24.3 Å². The van der Waals surface area contributed by atoms with Crippen molar-refractivity contribution in [3.05, 3.63) is 59.2 Å². The minimum atomic E-state index is 0.562. The van der Waals surface area contributed by atoms with Crippen molar-refractivity contribution < 1.29 is 9.47 Å². The van der Waals surface area contributed by atoms with Gasteiger partial charge in [0.15, 0.2) is 0 Å². The van der Waals surface area contributed by atoms with Crippen LogP contribution >= 0.6 is 0 Å². The van der Waals surface area contributed by atoms with Crippen LogP contribution in [0.4, 0.5) is 0 Å². The lowest BCUT2D eigenvalue weighted by molar-refractivity contribution is 0.409. The topological polar surface area (TPSA) is 54.3 Å². The molecule has 0 aromatic heterocycles. The molecule has 0 saturated heterocycles. The van der Waals surface area contributed by atoms with E-state index in [0.29, 0.717) is 17.9 Å². The van der Waals surface area contributed by atoms with E-state index in [-0.39, 0.29) is 0 Å². The van der Waals surface area contributed by atoms with Crippen molar-refractivity contribution in [2.75, 3.05) is 20.8 Å². The van der Waals surface area contributed by atoms with E-state index in [1.807, 2.05) is 36.4 Å². The standard InChI is InChI=1S/C18H20N2O2/c1-21-17-6-4-3-5-15(17)9-10-20-13-14-7-8-18(22-2)16(11-14)12-19/h3-8,11,20H,9-10,13H2,1-2H3. The molecule has 1 N–H and O–H groups in total. The van der Waals surface area contributed by atoms with Gasteiger partial charge >= 0.3 is 0 Å². The minimum absolute atomic E-state index is 0.562. The summed E-state index contributed by atoms with van der Waals surface area (Å²) in [4.78, 5) is 0. The molecular weight excluding hydrogens is 276 g/mol. The first-order valence-corrected chi connectivity index (χ1v) is 7.18. The SMILES string of the molecule is COc1ccc(CNCCc2ccccc2OC)cc1C#N. The summed E-state index contributed by atoms with van der Waals surface area (Å²) in [5.41, 5.74) is 2.81. The van der Waals surface area contributed by atoms with Crippen LogP contribution in [0.3, 0.4) is 0 Å². The van der Waals surface area contributed by atoms with Gasteiger partial charge in [0.2, 0.25) is 0 Å². The molecule has 0 heterocycles. The molecule has 0 fully saturated rings. The first kappa shape index (κ1) is 15.9. The Morgan fingerprint density at radius 2 is 1.82 bits per heavy atom. The lowest BCUT2D eigenvalue weighted by Crippen LogP contribution is -2.17. The molecule has 2 rings (SSSR count). The summed E-state index contributed by atoms with van der Waals surface area (Å²) in [6.45, 7) is 1.56. The van der Waals surface area contributed by atoms with Gasteiger partial charge in [0, 0.05) is 6.54 Å². The predicted octanol–water partition coefficient (Wildman–Crippen LogP) is 2.91. The van der Waals surface area contributed by atoms with Gasteiger partial charge in [0.25, 0.3) is 0 Å². The smallest absolute Gasteiger partial charge is 0.136 e. The Bertz CT molecular complexity index is 662. The lowest BCUT2D eigenvalue weighted by atomic mass is 10.1. The molecule has 4 heteroatoms. The van der Waals surface area contributed by atoms with Gasteiger partial charge in [-0.1, -0.05) is 24.3 Å². The zero-order valence-corrected chi connectivity index (χ0v) is 12.9. The first-order valence-electron chi connectivity index (χ1n) is 7.18. The summed E-state index contributed by atoms with van der Waals surface area (Å²) in [7, 11) is 3.26. The van der Waals surface area contributed by atoms with Gasteiger partial charge in [-0.25, -0.2) is 0 Å². The van der Waals surface area contributed by atoms with Crippen LogP contribution in [-0.2, 0) is 13.0 Å². The largest absolute Gasteiger partial charge is 0.496 e. The fraction of sp³-hybridized carbons (Fsp3) is 0.278. The van der Waals surface area contributed by atoms with Crippen LogP contribution < -0.4 is 14.8 Å². The number of hydrogen-bond donors (Lipinski definition) is 1. The molecule has 0 amide bonds. The van der Waals surface area contributed by atoms with Crippen molar-refractivity contribution in [3.63, 3.8) is 0 Å². The molecule has 0 unspecified atom stereocenters. The van der Waals surface area contributed by atoms with Crippen molar-refractivity contribution >= 4 is 0 Å². The molecule has 0 atom stereocenters. The van der Waals surface area contributed by atoms with E-state index in [9.17, 15) is 0 Å². The molecule has 114 valence electrons. The highest BCUT2D eigenvalue weighted by Gasteiger charge is 2.04. The fourth-order valence-corrected chi connectivity index (χ4v) is 2.32. The summed E-state index contributed by atoms with van der Waals surface area (Å²) in [6.07, 6.45) is 0.894. The third kappa shape index (κ3) is 4.00. The number of benzene rings is 2. The Morgan fingerprint density at radius 3 is 2.55 bits per heavy atom. The van der Waals surface area contributed by atoms with Crippen molar-refractivity contribution in [2.24, 2.45) is 0 Å². The highest BCUT2D eigenvalue weighted by molar-refractivity contribution is 5.45. The second-order valence-corrected chi connectivity index (χ2v) is 4.89. The van der Waals surface area contributed by atoms with Crippen molar-refractivity contribution in [2.45, 2.75) is 13.0 Å². The van der Waals surface area contributed by atoms with Crippen LogP contribution in [0.2, 0.25) is 0 Å². The predicted molar refractivity (Wildman–Crippen MR) is 86.1 cm³/mol. The molecule has 0 bridgehead atoms. The molecule has 0 spiro atoms. The zero-order chi connectivity index (χ0) is 15.8. The Morgan fingerprint density at radius 1 is 1.05 bits per heavy atom. The monoisotopic (exact) mass is 296 g/mol.